The molecule has 4 nitrogen and oxygen atoms in total. The number of ketones is 1. The molecule has 4 aromatic rings. The monoisotopic (exact) mass is 497 g/mol. The number of carbonyl (C=O) groups is 1. The molecule has 3 atom stereocenters. The fourth-order valence-corrected chi connectivity index (χ4v) is 6.56. The standard InChI is InChI=1S/C34H31N3O/c1-5-23-11-13-26(14-12-23)31-28-19-20-29-22(2)32(38)30(35-4)21-34(29,3)33(28)37(36-31)27-17-15-25(16-18-27)24-9-7-6-8-10-24/h6-18,21-22,29H,5,19-20H2,1-3H3/t22-,29-,34-/m1/s1. The third kappa shape index (κ3) is 3.73. The van der Waals surface area contributed by atoms with Gasteiger partial charge >= 0.3 is 0 Å². The number of aromatic nitrogens is 2. The Kier molecular flexibility index (Phi) is 5.88. The number of aryl methyl sites for hydroxylation is 1. The summed E-state index contributed by atoms with van der Waals surface area (Å²) in [4.78, 5) is 16.6. The second-order valence-corrected chi connectivity index (χ2v) is 10.8. The molecular weight excluding hydrogens is 466 g/mol. The Morgan fingerprint density at radius 3 is 2.29 bits per heavy atom. The molecule has 0 N–H and O–H groups in total. The van der Waals surface area contributed by atoms with Gasteiger partial charge in [-0.2, -0.15) is 5.10 Å². The van der Waals surface area contributed by atoms with E-state index in [0.29, 0.717) is 0 Å². The summed E-state index contributed by atoms with van der Waals surface area (Å²) in [7, 11) is 0. The first-order valence-electron chi connectivity index (χ1n) is 13.5. The molecule has 2 aliphatic carbocycles. The van der Waals surface area contributed by atoms with Crippen LogP contribution in [0.1, 0.15) is 44.0 Å². The van der Waals surface area contributed by atoms with Crippen molar-refractivity contribution in [3.05, 3.63) is 119 Å². The number of rotatable bonds is 4. The van der Waals surface area contributed by atoms with E-state index in [-0.39, 0.29) is 23.3 Å². The molecule has 1 heterocycles. The SMILES string of the molecule is [C-]#[N+]C1=C[C@@]2(C)c3c(c(-c4ccc(CC)cc4)nn3-c3ccc(-c4ccccc4)cc3)CC[C@@H]2[C@@H](C)C1=O. The van der Waals surface area contributed by atoms with E-state index in [4.69, 9.17) is 11.7 Å². The third-order valence-corrected chi connectivity index (χ3v) is 8.65. The predicted molar refractivity (Wildman–Crippen MR) is 152 cm³/mol. The van der Waals surface area contributed by atoms with E-state index in [1.165, 1.54) is 16.7 Å². The Balaban J connectivity index is 1.56. The van der Waals surface area contributed by atoms with Crippen molar-refractivity contribution >= 4 is 5.78 Å². The lowest BCUT2D eigenvalue weighted by Gasteiger charge is -2.45. The Labute approximate surface area is 224 Å². The second kappa shape index (κ2) is 9.26. The van der Waals surface area contributed by atoms with Gasteiger partial charge in [0.2, 0.25) is 5.70 Å². The van der Waals surface area contributed by atoms with Crippen molar-refractivity contribution in [2.75, 3.05) is 0 Å². The van der Waals surface area contributed by atoms with Crippen LogP contribution in [0.4, 0.5) is 0 Å². The number of hydrogen-bond acceptors (Lipinski definition) is 2. The number of nitrogens with zero attached hydrogens (tertiary/aromatic N) is 3. The average Bonchev–Trinajstić information content (AvgIpc) is 3.37. The number of Topliss-reactive ketones (excluding diaryl/α,β-unsaturated/α-hetero) is 1. The molecule has 0 spiro atoms. The highest BCUT2D eigenvalue weighted by molar-refractivity contribution is 6.00. The van der Waals surface area contributed by atoms with Crippen LogP contribution in [-0.4, -0.2) is 15.6 Å². The zero-order valence-electron chi connectivity index (χ0n) is 22.1. The largest absolute Gasteiger partial charge is 0.308 e. The van der Waals surface area contributed by atoms with Crippen molar-refractivity contribution in [3.63, 3.8) is 0 Å². The summed E-state index contributed by atoms with van der Waals surface area (Å²) in [5.41, 5.74) is 8.84. The quantitative estimate of drug-likeness (QED) is 0.272. The minimum atomic E-state index is -0.465. The molecule has 188 valence electrons. The van der Waals surface area contributed by atoms with Gasteiger partial charge < -0.3 is 4.79 Å². The lowest BCUT2D eigenvalue weighted by molar-refractivity contribution is -0.121. The van der Waals surface area contributed by atoms with E-state index >= 15 is 0 Å². The fourth-order valence-electron chi connectivity index (χ4n) is 6.56. The first kappa shape index (κ1) is 24.1. The summed E-state index contributed by atoms with van der Waals surface area (Å²) >= 11 is 0. The van der Waals surface area contributed by atoms with Crippen molar-refractivity contribution in [2.24, 2.45) is 11.8 Å². The van der Waals surface area contributed by atoms with Crippen LogP contribution in [0.15, 0.2) is 90.6 Å². The molecule has 0 aliphatic heterocycles. The van der Waals surface area contributed by atoms with E-state index in [2.05, 4.69) is 96.2 Å². The van der Waals surface area contributed by atoms with Crippen LogP contribution in [0.2, 0.25) is 0 Å². The topological polar surface area (TPSA) is 39.2 Å². The normalized spacial score (nSPS) is 22.3. The third-order valence-electron chi connectivity index (χ3n) is 8.65. The average molecular weight is 498 g/mol. The molecule has 6 rings (SSSR count). The Morgan fingerprint density at radius 1 is 0.974 bits per heavy atom. The number of hydrogen-bond donors (Lipinski definition) is 0. The highest BCUT2D eigenvalue weighted by Gasteiger charge is 2.50. The molecule has 0 radical (unpaired) electrons. The van der Waals surface area contributed by atoms with Gasteiger partial charge in [-0.05, 0) is 54.0 Å². The summed E-state index contributed by atoms with van der Waals surface area (Å²) in [6.45, 7) is 14.1. The maximum absolute atomic E-state index is 13.0. The minimum absolute atomic E-state index is 0.0282. The molecule has 0 saturated carbocycles. The van der Waals surface area contributed by atoms with Crippen molar-refractivity contribution in [1.82, 2.24) is 9.78 Å². The van der Waals surface area contributed by atoms with Gasteiger partial charge in [0, 0.05) is 22.5 Å². The molecule has 0 amide bonds. The van der Waals surface area contributed by atoms with Gasteiger partial charge in [-0.3, -0.25) is 0 Å². The zero-order chi connectivity index (χ0) is 26.4. The molecule has 38 heavy (non-hydrogen) atoms. The van der Waals surface area contributed by atoms with E-state index in [0.717, 1.165) is 47.5 Å². The van der Waals surface area contributed by atoms with Gasteiger partial charge in [0.05, 0.1) is 23.6 Å². The van der Waals surface area contributed by atoms with Gasteiger partial charge in [0.15, 0.2) is 5.78 Å². The summed E-state index contributed by atoms with van der Waals surface area (Å²) < 4.78 is 2.08. The summed E-state index contributed by atoms with van der Waals surface area (Å²) in [5.74, 6) is -0.0970. The molecule has 0 bridgehead atoms. The molecule has 3 aromatic carbocycles. The van der Waals surface area contributed by atoms with Crippen LogP contribution in [0.25, 0.3) is 32.9 Å². The Bertz CT molecular complexity index is 1590. The molecule has 0 fully saturated rings. The summed E-state index contributed by atoms with van der Waals surface area (Å²) in [6.07, 6.45) is 4.69. The van der Waals surface area contributed by atoms with Gasteiger partial charge in [-0.25, -0.2) is 9.53 Å². The van der Waals surface area contributed by atoms with Crippen molar-refractivity contribution in [2.45, 2.75) is 45.4 Å². The van der Waals surface area contributed by atoms with Gasteiger partial charge in [-0.15, -0.1) is 0 Å². The highest BCUT2D eigenvalue weighted by atomic mass is 16.1. The van der Waals surface area contributed by atoms with Crippen molar-refractivity contribution in [3.8, 4) is 28.1 Å². The van der Waals surface area contributed by atoms with Crippen LogP contribution >= 0.6 is 0 Å². The maximum atomic E-state index is 13.0. The van der Waals surface area contributed by atoms with Gasteiger partial charge in [-0.1, -0.05) is 93.6 Å². The lowest BCUT2D eigenvalue weighted by atomic mass is 9.58. The second-order valence-electron chi connectivity index (χ2n) is 10.8. The van der Waals surface area contributed by atoms with Crippen LogP contribution < -0.4 is 0 Å². The first-order valence-corrected chi connectivity index (χ1v) is 13.5. The number of benzene rings is 3. The predicted octanol–water partition coefficient (Wildman–Crippen LogP) is 7.61. The maximum Gasteiger partial charge on any atom is 0.226 e. The van der Waals surface area contributed by atoms with Gasteiger partial charge in [0.1, 0.15) is 0 Å². The fraction of sp³-hybridized carbons (Fsp3) is 0.265. The number of carbonyl (C=O) groups excluding carboxylic acids is 1. The van der Waals surface area contributed by atoms with Gasteiger partial charge in [0.25, 0.3) is 0 Å². The minimum Gasteiger partial charge on any atom is -0.308 e. The highest BCUT2D eigenvalue weighted by Crippen LogP contribution is 2.52. The molecule has 4 heteroatoms. The molecule has 0 unspecified atom stereocenters. The number of allylic oxidation sites excluding steroid dienone is 2. The first-order chi connectivity index (χ1) is 18.4. The molecule has 2 aliphatic rings. The van der Waals surface area contributed by atoms with Crippen LogP contribution in [0.3, 0.4) is 0 Å². The Hall–Kier alpha value is -4.23. The van der Waals surface area contributed by atoms with Crippen LogP contribution in [0.5, 0.6) is 0 Å². The van der Waals surface area contributed by atoms with E-state index in [1.54, 1.807) is 0 Å². The lowest BCUT2D eigenvalue weighted by Crippen LogP contribution is -2.46. The summed E-state index contributed by atoms with van der Waals surface area (Å²) in [5, 5.41) is 5.25. The summed E-state index contributed by atoms with van der Waals surface area (Å²) in [6, 6.07) is 27.6. The molecule has 1 aromatic heterocycles. The van der Waals surface area contributed by atoms with Crippen molar-refractivity contribution < 1.29 is 4.79 Å². The number of fused-ring (bicyclic) bond motifs is 3. The van der Waals surface area contributed by atoms with E-state index < -0.39 is 5.41 Å². The van der Waals surface area contributed by atoms with Crippen molar-refractivity contribution in [1.29, 1.82) is 0 Å². The molecule has 0 saturated heterocycles. The molecular formula is C34H31N3O. The van der Waals surface area contributed by atoms with E-state index in [1.807, 2.05) is 19.1 Å². The van der Waals surface area contributed by atoms with Crippen LogP contribution in [-0.2, 0) is 23.1 Å². The van der Waals surface area contributed by atoms with E-state index in [9.17, 15) is 4.79 Å². The smallest absolute Gasteiger partial charge is 0.226 e. The Morgan fingerprint density at radius 2 is 1.63 bits per heavy atom. The van der Waals surface area contributed by atoms with Crippen LogP contribution in [0, 0.1) is 18.4 Å². The zero-order valence-corrected chi connectivity index (χ0v) is 22.1.